The molecule has 0 aromatic carbocycles. The summed E-state index contributed by atoms with van der Waals surface area (Å²) in [6.45, 7) is 0. The van der Waals surface area contributed by atoms with Crippen molar-refractivity contribution in [1.29, 1.82) is 0 Å². The van der Waals surface area contributed by atoms with Crippen LogP contribution in [0.1, 0.15) is 51.4 Å². The van der Waals surface area contributed by atoms with E-state index >= 15 is 0 Å². The lowest BCUT2D eigenvalue weighted by Crippen LogP contribution is -2.33. The van der Waals surface area contributed by atoms with Crippen molar-refractivity contribution in [3.63, 3.8) is 0 Å². The Bertz CT molecular complexity index is 232. The molecule has 0 aromatic rings. The molecule has 0 aromatic heterocycles. The summed E-state index contributed by atoms with van der Waals surface area (Å²) in [6, 6.07) is 0. The Morgan fingerprint density at radius 2 is 1.54 bits per heavy atom. The second kappa shape index (κ2) is 3.24. The zero-order chi connectivity index (χ0) is 9.31. The molecule has 0 N–H and O–H groups in total. The van der Waals surface area contributed by atoms with Crippen LogP contribution >= 0.6 is 0 Å². The van der Waals surface area contributed by atoms with Crippen molar-refractivity contribution < 1.29 is 9.59 Å². The molecule has 0 atom stereocenters. The molecule has 2 aliphatic carbocycles. The maximum absolute atomic E-state index is 11.3. The third-order valence-corrected chi connectivity index (χ3v) is 3.60. The van der Waals surface area contributed by atoms with E-state index in [9.17, 15) is 9.59 Å². The maximum atomic E-state index is 11.3. The highest BCUT2D eigenvalue weighted by atomic mass is 16.1. The third-order valence-electron chi connectivity index (χ3n) is 3.60. The van der Waals surface area contributed by atoms with Gasteiger partial charge in [-0.2, -0.15) is 0 Å². The van der Waals surface area contributed by atoms with Crippen molar-refractivity contribution in [2.75, 3.05) is 0 Å². The normalized spacial score (nSPS) is 28.0. The Morgan fingerprint density at radius 3 is 2.15 bits per heavy atom. The first-order valence-electron chi connectivity index (χ1n) is 5.24. The van der Waals surface area contributed by atoms with E-state index < -0.39 is 0 Å². The molecule has 2 aliphatic rings. The van der Waals surface area contributed by atoms with Gasteiger partial charge < -0.3 is 0 Å². The molecule has 1 spiro atoms. The van der Waals surface area contributed by atoms with E-state index in [1.165, 1.54) is 6.42 Å². The molecule has 2 heteroatoms. The molecular formula is C11H16O2. The summed E-state index contributed by atoms with van der Waals surface area (Å²) in [4.78, 5) is 22.4. The number of carbonyl (C=O) groups is 2. The summed E-state index contributed by atoms with van der Waals surface area (Å²) in [5, 5.41) is 0. The van der Waals surface area contributed by atoms with Crippen molar-refractivity contribution in [2.45, 2.75) is 51.4 Å². The second-order valence-electron chi connectivity index (χ2n) is 4.61. The van der Waals surface area contributed by atoms with Gasteiger partial charge in [-0.25, -0.2) is 0 Å². The first kappa shape index (κ1) is 8.92. The van der Waals surface area contributed by atoms with E-state index in [0.29, 0.717) is 24.4 Å². The topological polar surface area (TPSA) is 34.1 Å². The van der Waals surface area contributed by atoms with Crippen LogP contribution in [0.4, 0.5) is 0 Å². The van der Waals surface area contributed by atoms with Crippen molar-refractivity contribution >= 4 is 11.6 Å². The molecule has 2 nitrogen and oxygen atoms in total. The van der Waals surface area contributed by atoms with Crippen molar-refractivity contribution in [1.82, 2.24) is 0 Å². The maximum Gasteiger partial charge on any atom is 0.133 e. The van der Waals surface area contributed by atoms with Gasteiger partial charge in [0, 0.05) is 25.7 Å². The Labute approximate surface area is 78.7 Å². The number of rotatable bonds is 0. The van der Waals surface area contributed by atoms with Crippen LogP contribution in [0.2, 0.25) is 0 Å². The van der Waals surface area contributed by atoms with Crippen molar-refractivity contribution in [3.8, 4) is 0 Å². The molecule has 13 heavy (non-hydrogen) atoms. The van der Waals surface area contributed by atoms with E-state index in [2.05, 4.69) is 0 Å². The fraction of sp³-hybridized carbons (Fsp3) is 0.818. The first-order valence-corrected chi connectivity index (χ1v) is 5.24. The Hall–Kier alpha value is -0.660. The Balaban J connectivity index is 2.03. The summed E-state index contributed by atoms with van der Waals surface area (Å²) in [6.07, 6.45) is 7.12. The second-order valence-corrected chi connectivity index (χ2v) is 4.61. The average molecular weight is 180 g/mol. The molecule has 0 amide bonds. The molecule has 2 rings (SSSR count). The van der Waals surface area contributed by atoms with E-state index in [1.54, 1.807) is 0 Å². The molecule has 2 saturated carbocycles. The predicted molar refractivity (Wildman–Crippen MR) is 49.4 cm³/mol. The van der Waals surface area contributed by atoms with Gasteiger partial charge in [-0.1, -0.05) is 0 Å². The molecule has 0 aliphatic heterocycles. The molecule has 0 radical (unpaired) electrons. The van der Waals surface area contributed by atoms with Crippen LogP contribution < -0.4 is 0 Å². The van der Waals surface area contributed by atoms with Crippen LogP contribution in [-0.4, -0.2) is 11.6 Å². The summed E-state index contributed by atoms with van der Waals surface area (Å²) < 4.78 is 0. The highest BCUT2D eigenvalue weighted by Gasteiger charge is 2.38. The van der Waals surface area contributed by atoms with E-state index in [4.69, 9.17) is 0 Å². The average Bonchev–Trinajstić information content (AvgIpc) is 2.11. The highest BCUT2D eigenvalue weighted by molar-refractivity contribution is 5.82. The van der Waals surface area contributed by atoms with Crippen molar-refractivity contribution in [2.24, 2.45) is 5.41 Å². The van der Waals surface area contributed by atoms with Gasteiger partial charge in [0.1, 0.15) is 11.6 Å². The molecule has 0 bridgehead atoms. The number of hydrogen-bond acceptors (Lipinski definition) is 2. The minimum absolute atomic E-state index is 0.239. The predicted octanol–water partition coefficient (Wildman–Crippen LogP) is 2.26. The van der Waals surface area contributed by atoms with Crippen LogP contribution in [-0.2, 0) is 9.59 Å². The van der Waals surface area contributed by atoms with Crippen LogP contribution in [0, 0.1) is 5.41 Å². The van der Waals surface area contributed by atoms with Crippen LogP contribution in [0.3, 0.4) is 0 Å². The molecule has 2 fully saturated rings. The zero-order valence-electron chi connectivity index (χ0n) is 7.97. The third kappa shape index (κ3) is 1.82. The number of hydrogen-bond donors (Lipinski definition) is 0. The van der Waals surface area contributed by atoms with Gasteiger partial charge in [0.25, 0.3) is 0 Å². The molecule has 0 saturated heterocycles. The fourth-order valence-electron chi connectivity index (χ4n) is 2.74. The van der Waals surface area contributed by atoms with Gasteiger partial charge in [0.2, 0.25) is 0 Å². The summed E-state index contributed by atoms with van der Waals surface area (Å²) in [7, 11) is 0. The van der Waals surface area contributed by atoms with Gasteiger partial charge in [0.05, 0.1) is 0 Å². The Kier molecular flexibility index (Phi) is 2.22. The molecular weight excluding hydrogens is 164 g/mol. The SMILES string of the molecule is O=C1CCC2(CCCC(=O)C2)CC1. The lowest BCUT2D eigenvalue weighted by molar-refractivity contribution is -0.129. The lowest BCUT2D eigenvalue weighted by Gasteiger charge is -2.39. The van der Waals surface area contributed by atoms with E-state index in [0.717, 1.165) is 32.1 Å². The summed E-state index contributed by atoms with van der Waals surface area (Å²) in [5.74, 6) is 0.809. The molecule has 72 valence electrons. The lowest BCUT2D eigenvalue weighted by atomic mass is 9.65. The first-order chi connectivity index (χ1) is 6.20. The minimum Gasteiger partial charge on any atom is -0.300 e. The van der Waals surface area contributed by atoms with Crippen LogP contribution in [0.25, 0.3) is 0 Å². The quantitative estimate of drug-likeness (QED) is 0.573. The van der Waals surface area contributed by atoms with Gasteiger partial charge in [-0.15, -0.1) is 0 Å². The van der Waals surface area contributed by atoms with Gasteiger partial charge >= 0.3 is 0 Å². The monoisotopic (exact) mass is 180 g/mol. The van der Waals surface area contributed by atoms with Gasteiger partial charge in [0.15, 0.2) is 0 Å². The smallest absolute Gasteiger partial charge is 0.133 e. The number of Topliss-reactive ketones (excluding diaryl/α,β-unsaturated/α-hetero) is 2. The molecule has 0 unspecified atom stereocenters. The van der Waals surface area contributed by atoms with E-state index in [1.807, 2.05) is 0 Å². The Morgan fingerprint density at radius 1 is 0.846 bits per heavy atom. The van der Waals surface area contributed by atoms with Gasteiger partial charge in [-0.3, -0.25) is 9.59 Å². The highest BCUT2D eigenvalue weighted by Crippen LogP contribution is 2.45. The summed E-state index contributed by atoms with van der Waals surface area (Å²) in [5.41, 5.74) is 0.239. The number of ketones is 2. The standard InChI is InChI=1S/C11H16O2/c12-9-3-6-11(7-4-9)5-1-2-10(13)8-11/h1-8H2. The van der Waals surface area contributed by atoms with E-state index in [-0.39, 0.29) is 5.41 Å². The van der Waals surface area contributed by atoms with Crippen LogP contribution in [0.15, 0.2) is 0 Å². The zero-order valence-corrected chi connectivity index (χ0v) is 7.97. The summed E-state index contributed by atoms with van der Waals surface area (Å²) >= 11 is 0. The molecule has 0 heterocycles. The largest absolute Gasteiger partial charge is 0.300 e. The minimum atomic E-state index is 0.239. The van der Waals surface area contributed by atoms with Crippen molar-refractivity contribution in [3.05, 3.63) is 0 Å². The van der Waals surface area contributed by atoms with Gasteiger partial charge in [-0.05, 0) is 31.1 Å². The van der Waals surface area contributed by atoms with Crippen LogP contribution in [0.5, 0.6) is 0 Å². The fourth-order valence-corrected chi connectivity index (χ4v) is 2.74. The number of carbonyl (C=O) groups excluding carboxylic acids is 2.